The van der Waals surface area contributed by atoms with Crippen molar-refractivity contribution in [3.8, 4) is 0 Å². The lowest BCUT2D eigenvalue weighted by molar-refractivity contribution is -0.137. The molecule has 1 N–H and O–H groups in total. The molecule has 1 aromatic carbocycles. The molecule has 0 spiro atoms. The van der Waals surface area contributed by atoms with Crippen molar-refractivity contribution in [3.63, 3.8) is 0 Å². The van der Waals surface area contributed by atoms with E-state index in [-0.39, 0.29) is 41.0 Å². The monoisotopic (exact) mass is 531 g/mol. The highest BCUT2D eigenvalue weighted by molar-refractivity contribution is 7.92. The largest absolute Gasteiger partial charge is 0.417 e. The van der Waals surface area contributed by atoms with Gasteiger partial charge in [-0.1, -0.05) is 23.2 Å². The number of alkyl halides is 3. The Morgan fingerprint density at radius 1 is 1.12 bits per heavy atom. The molecule has 174 valence electrons. The summed E-state index contributed by atoms with van der Waals surface area (Å²) in [5.41, 5.74) is -1.89. The van der Waals surface area contributed by atoms with E-state index in [4.69, 9.17) is 23.2 Å². The van der Waals surface area contributed by atoms with Crippen LogP contribution in [-0.2, 0) is 26.0 Å². The number of hydrogen-bond donors (Lipinski definition) is 1. The fourth-order valence-corrected chi connectivity index (χ4v) is 5.64. The normalized spacial score (nSPS) is 16.6. The fourth-order valence-electron chi connectivity index (χ4n) is 2.85. The van der Waals surface area contributed by atoms with Crippen molar-refractivity contribution in [1.82, 2.24) is 9.88 Å². The Morgan fingerprint density at radius 3 is 2.31 bits per heavy atom. The highest BCUT2D eigenvalue weighted by Crippen LogP contribution is 2.36. The van der Waals surface area contributed by atoms with E-state index in [1.807, 2.05) is 0 Å². The number of carbonyl (C=O) groups excluding carboxylic acids is 1. The molecule has 1 fully saturated rings. The number of nitrogens with one attached hydrogen (secondary N) is 1. The van der Waals surface area contributed by atoms with Crippen LogP contribution in [-0.4, -0.2) is 57.2 Å². The number of pyridine rings is 1. The van der Waals surface area contributed by atoms with Crippen LogP contribution in [0, 0.1) is 0 Å². The first-order valence-electron chi connectivity index (χ1n) is 8.74. The summed E-state index contributed by atoms with van der Waals surface area (Å²) in [6.45, 7) is -0.210. The maximum absolute atomic E-state index is 12.9. The van der Waals surface area contributed by atoms with Gasteiger partial charge < -0.3 is 4.90 Å². The molecule has 1 aliphatic heterocycles. The zero-order valence-electron chi connectivity index (χ0n) is 15.9. The maximum atomic E-state index is 12.9. The molecular formula is C17H14Cl2F3N3O5S2. The predicted molar refractivity (Wildman–Crippen MR) is 111 cm³/mol. The number of nitrogens with zero attached hydrogens (tertiary/aromatic N) is 2. The lowest BCUT2D eigenvalue weighted by Crippen LogP contribution is -2.44. The minimum atomic E-state index is -4.77. The van der Waals surface area contributed by atoms with E-state index in [9.17, 15) is 34.8 Å². The van der Waals surface area contributed by atoms with Crippen LogP contribution in [0.5, 0.6) is 0 Å². The Morgan fingerprint density at radius 2 is 1.75 bits per heavy atom. The van der Waals surface area contributed by atoms with Crippen molar-refractivity contribution in [2.75, 3.05) is 29.3 Å². The number of aromatic nitrogens is 1. The average molecular weight is 532 g/mol. The highest BCUT2D eigenvalue weighted by Gasteiger charge is 2.34. The van der Waals surface area contributed by atoms with Gasteiger partial charge in [-0.25, -0.2) is 21.8 Å². The summed E-state index contributed by atoms with van der Waals surface area (Å²) in [6, 6.07) is 2.97. The van der Waals surface area contributed by atoms with Gasteiger partial charge in [0.2, 0.25) is 0 Å². The Labute approximate surface area is 191 Å². The van der Waals surface area contributed by atoms with E-state index in [1.165, 1.54) is 4.90 Å². The Hall–Kier alpha value is -2.09. The van der Waals surface area contributed by atoms with E-state index >= 15 is 0 Å². The first-order valence-corrected chi connectivity index (χ1v) is 12.8. The van der Waals surface area contributed by atoms with Gasteiger partial charge in [-0.2, -0.15) is 13.2 Å². The molecule has 1 saturated heterocycles. The summed E-state index contributed by atoms with van der Waals surface area (Å²) < 4.78 is 89.4. The van der Waals surface area contributed by atoms with Crippen LogP contribution in [0.4, 0.5) is 18.9 Å². The van der Waals surface area contributed by atoms with Crippen LogP contribution >= 0.6 is 23.2 Å². The molecule has 1 aromatic heterocycles. The van der Waals surface area contributed by atoms with Crippen molar-refractivity contribution in [3.05, 3.63) is 51.8 Å². The van der Waals surface area contributed by atoms with Gasteiger partial charge in [0.25, 0.3) is 15.9 Å². The number of carbonyl (C=O) groups is 1. The van der Waals surface area contributed by atoms with Crippen LogP contribution in [0.1, 0.15) is 16.1 Å². The molecule has 15 heteroatoms. The Balaban J connectivity index is 1.93. The van der Waals surface area contributed by atoms with Gasteiger partial charge in [-0.15, -0.1) is 0 Å². The number of anilines is 1. The molecule has 8 nitrogen and oxygen atoms in total. The molecule has 0 unspecified atom stereocenters. The van der Waals surface area contributed by atoms with Crippen LogP contribution in [0.3, 0.4) is 0 Å². The Kier molecular flexibility index (Phi) is 6.67. The smallest absolute Gasteiger partial charge is 0.335 e. The third-order valence-electron chi connectivity index (χ3n) is 4.49. The SMILES string of the molecule is O=C(c1ncc(Cl)cc1NS(=O)(=O)c1ccc(C(F)(F)F)c(Cl)c1)N1CCS(=O)(=O)CC1. The second kappa shape index (κ2) is 8.69. The van der Waals surface area contributed by atoms with Crippen molar-refractivity contribution in [1.29, 1.82) is 0 Å². The number of sulfonamides is 1. The van der Waals surface area contributed by atoms with Crippen molar-refractivity contribution >= 4 is 54.7 Å². The van der Waals surface area contributed by atoms with Crippen LogP contribution in [0.25, 0.3) is 0 Å². The highest BCUT2D eigenvalue weighted by atomic mass is 35.5. The number of hydrogen-bond acceptors (Lipinski definition) is 6. The van der Waals surface area contributed by atoms with Crippen LogP contribution in [0.15, 0.2) is 35.4 Å². The molecule has 32 heavy (non-hydrogen) atoms. The van der Waals surface area contributed by atoms with Gasteiger partial charge in [0.15, 0.2) is 15.5 Å². The number of rotatable bonds is 4. The summed E-state index contributed by atoms with van der Waals surface area (Å²) in [4.78, 5) is 17.3. The third kappa shape index (κ3) is 5.45. The van der Waals surface area contributed by atoms with Crippen molar-refractivity contribution in [2.45, 2.75) is 11.1 Å². The lowest BCUT2D eigenvalue weighted by atomic mass is 10.2. The summed E-state index contributed by atoms with van der Waals surface area (Å²) in [6.07, 6.45) is -3.67. The number of halogens is 5. The molecule has 0 saturated carbocycles. The third-order valence-corrected chi connectivity index (χ3v) is 7.98. The lowest BCUT2D eigenvalue weighted by Gasteiger charge is -2.27. The number of sulfone groups is 1. The van der Waals surface area contributed by atoms with Gasteiger partial charge >= 0.3 is 6.18 Å². The summed E-state index contributed by atoms with van der Waals surface area (Å²) in [5.74, 6) is -1.24. The minimum Gasteiger partial charge on any atom is -0.335 e. The van der Waals surface area contributed by atoms with Gasteiger partial charge in [0.05, 0.1) is 37.7 Å². The molecule has 3 rings (SSSR count). The summed E-state index contributed by atoms with van der Waals surface area (Å²) in [7, 11) is -7.76. The zero-order chi connectivity index (χ0) is 23.9. The Bertz CT molecular complexity index is 1270. The van der Waals surface area contributed by atoms with Gasteiger partial charge in [0.1, 0.15) is 0 Å². The molecule has 0 radical (unpaired) electrons. The summed E-state index contributed by atoms with van der Waals surface area (Å²) >= 11 is 11.5. The summed E-state index contributed by atoms with van der Waals surface area (Å²) in [5, 5.41) is -0.846. The first kappa shape index (κ1) is 24.6. The number of benzene rings is 1. The minimum absolute atomic E-state index is 0.0223. The molecule has 1 amide bonds. The second-order valence-electron chi connectivity index (χ2n) is 6.74. The first-order chi connectivity index (χ1) is 14.7. The molecule has 0 bridgehead atoms. The van der Waals surface area contributed by atoms with Crippen molar-refractivity contribution < 1.29 is 34.8 Å². The molecule has 2 aromatic rings. The maximum Gasteiger partial charge on any atom is 0.417 e. The van der Waals surface area contributed by atoms with E-state index in [1.54, 1.807) is 0 Å². The predicted octanol–water partition coefficient (Wildman–Crippen LogP) is 3.08. The van der Waals surface area contributed by atoms with Crippen LogP contribution in [0.2, 0.25) is 10.0 Å². The fraction of sp³-hybridized carbons (Fsp3) is 0.294. The molecule has 1 aliphatic rings. The average Bonchev–Trinajstić information content (AvgIpc) is 2.66. The molecule has 0 aliphatic carbocycles. The van der Waals surface area contributed by atoms with Gasteiger partial charge in [0, 0.05) is 19.3 Å². The molecule has 2 heterocycles. The zero-order valence-corrected chi connectivity index (χ0v) is 19.0. The molecular weight excluding hydrogens is 518 g/mol. The standard InChI is InChI=1S/C17H14Cl2F3N3O5S2/c18-10-7-14(15(23-9-10)16(26)25-3-5-31(27,28)6-4-25)24-32(29,30)11-1-2-12(13(19)8-11)17(20,21)22/h1-2,7-9,24H,3-6H2. The van der Waals surface area contributed by atoms with Gasteiger partial charge in [-0.05, 0) is 24.3 Å². The van der Waals surface area contributed by atoms with Crippen LogP contribution < -0.4 is 4.72 Å². The van der Waals surface area contributed by atoms with E-state index < -0.39 is 47.4 Å². The van der Waals surface area contributed by atoms with E-state index in [2.05, 4.69) is 9.71 Å². The van der Waals surface area contributed by atoms with E-state index in [0.717, 1.165) is 12.3 Å². The second-order valence-corrected chi connectivity index (χ2v) is 11.6. The van der Waals surface area contributed by atoms with Gasteiger partial charge in [-0.3, -0.25) is 9.52 Å². The van der Waals surface area contributed by atoms with Crippen molar-refractivity contribution in [2.24, 2.45) is 0 Å². The number of amides is 1. The molecule has 0 atom stereocenters. The topological polar surface area (TPSA) is 114 Å². The quantitative estimate of drug-likeness (QED) is 0.648. The van der Waals surface area contributed by atoms with E-state index in [0.29, 0.717) is 18.2 Å².